The third kappa shape index (κ3) is 3.45. The number of hydrogen-bond donors (Lipinski definition) is 3. The molecule has 1 aromatic carbocycles. The van der Waals surface area contributed by atoms with Crippen LogP contribution in [0, 0.1) is 0 Å². The molecule has 0 spiro atoms. The minimum Gasteiger partial charge on any atom is -0.396 e. The van der Waals surface area contributed by atoms with Crippen molar-refractivity contribution in [2.75, 3.05) is 24.1 Å². The van der Waals surface area contributed by atoms with Gasteiger partial charge in [0, 0.05) is 13.1 Å². The lowest BCUT2D eigenvalue weighted by molar-refractivity contribution is -0.132. The molecule has 1 aliphatic heterocycles. The van der Waals surface area contributed by atoms with Gasteiger partial charge < -0.3 is 21.7 Å². The van der Waals surface area contributed by atoms with Gasteiger partial charge in [0.05, 0.1) is 16.9 Å². The average molecular weight is 290 g/mol. The van der Waals surface area contributed by atoms with E-state index in [9.17, 15) is 9.59 Å². The number of likely N-dealkylation sites (tertiary alicyclic amines) is 1. The molecule has 1 atom stereocenters. The average Bonchev–Trinajstić information content (AvgIpc) is 2.49. The molecular weight excluding hydrogens is 268 g/mol. The van der Waals surface area contributed by atoms with Gasteiger partial charge in [0.25, 0.3) is 5.91 Å². The Hall–Kier alpha value is -2.24. The first kappa shape index (κ1) is 15.2. The van der Waals surface area contributed by atoms with Crippen molar-refractivity contribution in [1.29, 1.82) is 0 Å². The van der Waals surface area contributed by atoms with Crippen LogP contribution in [0.3, 0.4) is 0 Å². The lowest BCUT2D eigenvalue weighted by Gasteiger charge is -2.30. The van der Waals surface area contributed by atoms with Crippen LogP contribution in [-0.4, -0.2) is 35.8 Å². The van der Waals surface area contributed by atoms with Gasteiger partial charge in [-0.3, -0.25) is 9.59 Å². The Morgan fingerprint density at radius 3 is 2.52 bits per heavy atom. The lowest BCUT2D eigenvalue weighted by atomic mass is 10.1. The predicted molar refractivity (Wildman–Crippen MR) is 82.9 cm³/mol. The number of piperidine rings is 1. The van der Waals surface area contributed by atoms with E-state index in [1.807, 2.05) is 4.90 Å². The van der Waals surface area contributed by atoms with E-state index in [-0.39, 0.29) is 17.2 Å². The van der Waals surface area contributed by atoms with Gasteiger partial charge in [0.15, 0.2) is 0 Å². The van der Waals surface area contributed by atoms with Crippen molar-refractivity contribution in [3.05, 3.63) is 23.8 Å². The third-order valence-electron chi connectivity index (χ3n) is 3.78. The first-order valence-corrected chi connectivity index (χ1v) is 7.24. The molecule has 0 saturated carbocycles. The molecule has 0 aliphatic carbocycles. The molecule has 1 fully saturated rings. The minimum atomic E-state index is -0.578. The number of nitrogens with one attached hydrogen (secondary N) is 1. The summed E-state index contributed by atoms with van der Waals surface area (Å²) in [6.45, 7) is 3.41. The summed E-state index contributed by atoms with van der Waals surface area (Å²) in [5.74, 6) is -0.523. The maximum atomic E-state index is 12.4. The zero-order valence-corrected chi connectivity index (χ0v) is 12.3. The quantitative estimate of drug-likeness (QED) is 0.725. The highest BCUT2D eigenvalue weighted by Crippen LogP contribution is 2.23. The Labute approximate surface area is 124 Å². The van der Waals surface area contributed by atoms with E-state index in [1.165, 1.54) is 6.42 Å². The Kier molecular flexibility index (Phi) is 4.67. The molecule has 1 saturated heterocycles. The number of nitrogen functional groups attached to an aromatic ring is 1. The van der Waals surface area contributed by atoms with Crippen molar-refractivity contribution in [2.24, 2.45) is 5.73 Å². The van der Waals surface area contributed by atoms with Gasteiger partial charge in [-0.05, 0) is 38.3 Å². The number of anilines is 2. The SMILES string of the molecule is CC(Nc1cccc(C(N)=O)c1N)C(=O)N1CCCCC1. The summed E-state index contributed by atoms with van der Waals surface area (Å²) >= 11 is 0. The topological polar surface area (TPSA) is 101 Å². The number of para-hydroxylation sites is 1. The molecule has 2 amide bonds. The van der Waals surface area contributed by atoms with Crippen LogP contribution in [0.4, 0.5) is 11.4 Å². The van der Waals surface area contributed by atoms with E-state index in [2.05, 4.69) is 5.32 Å². The van der Waals surface area contributed by atoms with Crippen LogP contribution >= 0.6 is 0 Å². The molecule has 0 radical (unpaired) electrons. The van der Waals surface area contributed by atoms with Gasteiger partial charge in [0.1, 0.15) is 6.04 Å². The van der Waals surface area contributed by atoms with Crippen LogP contribution in [-0.2, 0) is 4.79 Å². The maximum Gasteiger partial charge on any atom is 0.250 e. The summed E-state index contributed by atoms with van der Waals surface area (Å²) in [5, 5.41) is 3.08. The Morgan fingerprint density at radius 1 is 1.24 bits per heavy atom. The van der Waals surface area contributed by atoms with Gasteiger partial charge in [-0.15, -0.1) is 0 Å². The fourth-order valence-electron chi connectivity index (χ4n) is 2.59. The van der Waals surface area contributed by atoms with Crippen LogP contribution < -0.4 is 16.8 Å². The number of benzene rings is 1. The van der Waals surface area contributed by atoms with Crippen molar-refractivity contribution >= 4 is 23.2 Å². The number of primary amides is 1. The summed E-state index contributed by atoms with van der Waals surface area (Å²) < 4.78 is 0. The molecule has 2 rings (SSSR count). The minimum absolute atomic E-state index is 0.0542. The zero-order valence-electron chi connectivity index (χ0n) is 12.3. The normalized spacial score (nSPS) is 16.3. The molecule has 21 heavy (non-hydrogen) atoms. The van der Waals surface area contributed by atoms with E-state index in [1.54, 1.807) is 25.1 Å². The molecule has 6 heteroatoms. The summed E-state index contributed by atoms with van der Waals surface area (Å²) in [6.07, 6.45) is 3.29. The molecule has 1 aliphatic rings. The molecule has 114 valence electrons. The maximum absolute atomic E-state index is 12.4. The number of nitrogens with zero attached hydrogens (tertiary/aromatic N) is 1. The third-order valence-corrected chi connectivity index (χ3v) is 3.78. The van der Waals surface area contributed by atoms with Gasteiger partial charge >= 0.3 is 0 Å². The second-order valence-electron chi connectivity index (χ2n) is 5.38. The van der Waals surface area contributed by atoms with Gasteiger partial charge in [0.2, 0.25) is 5.91 Å². The van der Waals surface area contributed by atoms with Crippen LogP contribution in [0.15, 0.2) is 18.2 Å². The number of carbonyl (C=O) groups is 2. The van der Waals surface area contributed by atoms with Crippen molar-refractivity contribution in [1.82, 2.24) is 4.90 Å². The number of carbonyl (C=O) groups excluding carboxylic acids is 2. The fraction of sp³-hybridized carbons (Fsp3) is 0.467. The second-order valence-corrected chi connectivity index (χ2v) is 5.38. The first-order chi connectivity index (χ1) is 10.0. The molecule has 1 unspecified atom stereocenters. The van der Waals surface area contributed by atoms with Gasteiger partial charge in [-0.1, -0.05) is 6.07 Å². The number of rotatable bonds is 4. The van der Waals surface area contributed by atoms with E-state index < -0.39 is 11.9 Å². The monoisotopic (exact) mass is 290 g/mol. The molecular formula is C15H22N4O2. The predicted octanol–water partition coefficient (Wildman–Crippen LogP) is 1.18. The molecule has 5 N–H and O–H groups in total. The largest absolute Gasteiger partial charge is 0.396 e. The Morgan fingerprint density at radius 2 is 1.90 bits per heavy atom. The van der Waals surface area contributed by atoms with Crippen molar-refractivity contribution < 1.29 is 9.59 Å². The van der Waals surface area contributed by atoms with E-state index in [0.717, 1.165) is 25.9 Å². The number of nitrogens with two attached hydrogens (primary N) is 2. The van der Waals surface area contributed by atoms with Crippen molar-refractivity contribution in [2.45, 2.75) is 32.2 Å². The Bertz CT molecular complexity index is 538. The smallest absolute Gasteiger partial charge is 0.250 e. The van der Waals surface area contributed by atoms with Crippen LogP contribution in [0.25, 0.3) is 0 Å². The van der Waals surface area contributed by atoms with Gasteiger partial charge in [-0.25, -0.2) is 0 Å². The highest BCUT2D eigenvalue weighted by atomic mass is 16.2. The molecule has 0 bridgehead atoms. The molecule has 1 heterocycles. The summed E-state index contributed by atoms with van der Waals surface area (Å²) in [7, 11) is 0. The summed E-state index contributed by atoms with van der Waals surface area (Å²) in [5.41, 5.74) is 12.3. The zero-order chi connectivity index (χ0) is 15.4. The highest BCUT2D eigenvalue weighted by molar-refractivity contribution is 6.01. The van der Waals surface area contributed by atoms with E-state index in [0.29, 0.717) is 5.69 Å². The standard InChI is InChI=1S/C15H22N4O2/c1-10(15(21)19-8-3-2-4-9-19)18-12-7-5-6-11(13(12)16)14(17)20/h5-7,10,18H,2-4,8-9,16H2,1H3,(H2,17,20). The van der Waals surface area contributed by atoms with E-state index >= 15 is 0 Å². The van der Waals surface area contributed by atoms with Gasteiger partial charge in [-0.2, -0.15) is 0 Å². The van der Waals surface area contributed by atoms with E-state index in [4.69, 9.17) is 11.5 Å². The number of amides is 2. The number of hydrogen-bond acceptors (Lipinski definition) is 4. The molecule has 0 aromatic heterocycles. The fourth-order valence-corrected chi connectivity index (χ4v) is 2.59. The second kappa shape index (κ2) is 6.47. The van der Waals surface area contributed by atoms with Crippen LogP contribution in [0.5, 0.6) is 0 Å². The summed E-state index contributed by atoms with van der Waals surface area (Å²) in [6, 6.07) is 4.60. The first-order valence-electron chi connectivity index (χ1n) is 7.24. The Balaban J connectivity index is 2.08. The molecule has 1 aromatic rings. The summed E-state index contributed by atoms with van der Waals surface area (Å²) in [4.78, 5) is 25.5. The van der Waals surface area contributed by atoms with Crippen molar-refractivity contribution in [3.8, 4) is 0 Å². The lowest BCUT2D eigenvalue weighted by Crippen LogP contribution is -2.44. The molecule has 6 nitrogen and oxygen atoms in total. The van der Waals surface area contributed by atoms with Crippen LogP contribution in [0.2, 0.25) is 0 Å². The van der Waals surface area contributed by atoms with Crippen molar-refractivity contribution in [3.63, 3.8) is 0 Å². The highest BCUT2D eigenvalue weighted by Gasteiger charge is 2.22. The van der Waals surface area contributed by atoms with Crippen LogP contribution in [0.1, 0.15) is 36.5 Å².